The van der Waals surface area contributed by atoms with E-state index in [0.29, 0.717) is 24.5 Å². The minimum atomic E-state index is -0.859. The molecule has 1 aliphatic rings. The first-order valence-corrected chi connectivity index (χ1v) is 10.1. The Balaban J connectivity index is 2.13. The van der Waals surface area contributed by atoms with Crippen LogP contribution in [0.1, 0.15) is 23.8 Å². The topological polar surface area (TPSA) is 92.4 Å². The molecule has 1 saturated heterocycles. The van der Waals surface area contributed by atoms with Crippen molar-refractivity contribution in [2.75, 3.05) is 41.4 Å². The minimum Gasteiger partial charge on any atom is -0.507 e. The number of hydrogen-bond acceptors (Lipinski definition) is 7. The van der Waals surface area contributed by atoms with Crippen molar-refractivity contribution in [1.29, 1.82) is 0 Å². The molecule has 9 heteroatoms. The standard InChI is InChI=1S/C22H25ClN2O6/c1-24(2)8-6-9-25-19(15-7-5-10-31-15)18(21(27)22(25)28)20(26)13-11-14(23)17(30-4)12-16(13)29-3/h5,7,10-12,19,26H,6,8-9H2,1-4H3/b20-18-. The number of hydrogen-bond donors (Lipinski definition) is 1. The van der Waals surface area contributed by atoms with Crippen LogP contribution in [0.3, 0.4) is 0 Å². The summed E-state index contributed by atoms with van der Waals surface area (Å²) in [4.78, 5) is 29.2. The molecule has 1 unspecified atom stereocenters. The van der Waals surface area contributed by atoms with Gasteiger partial charge in [0.15, 0.2) is 0 Å². The van der Waals surface area contributed by atoms with E-state index in [2.05, 4.69) is 0 Å². The van der Waals surface area contributed by atoms with Crippen LogP contribution < -0.4 is 9.47 Å². The molecule has 1 amide bonds. The summed E-state index contributed by atoms with van der Waals surface area (Å²) in [6.45, 7) is 1.06. The Hall–Kier alpha value is -2.97. The van der Waals surface area contributed by atoms with E-state index < -0.39 is 23.5 Å². The third kappa shape index (κ3) is 4.40. The number of Topliss-reactive ketones (excluding diaryl/α,β-unsaturated/α-hetero) is 1. The van der Waals surface area contributed by atoms with Gasteiger partial charge in [0.2, 0.25) is 0 Å². The Morgan fingerprint density at radius 3 is 2.52 bits per heavy atom. The second-order valence-electron chi connectivity index (χ2n) is 7.35. The highest BCUT2D eigenvalue weighted by molar-refractivity contribution is 6.46. The van der Waals surface area contributed by atoms with Gasteiger partial charge in [-0.15, -0.1) is 0 Å². The number of furan rings is 1. The van der Waals surface area contributed by atoms with Crippen LogP contribution >= 0.6 is 11.6 Å². The minimum absolute atomic E-state index is 0.0793. The van der Waals surface area contributed by atoms with E-state index in [0.717, 1.165) is 6.54 Å². The lowest BCUT2D eigenvalue weighted by molar-refractivity contribution is -0.140. The summed E-state index contributed by atoms with van der Waals surface area (Å²) in [6.07, 6.45) is 2.11. The van der Waals surface area contributed by atoms with E-state index in [-0.39, 0.29) is 21.9 Å². The number of aliphatic hydroxyl groups excluding tert-OH is 1. The van der Waals surface area contributed by atoms with Gasteiger partial charge < -0.3 is 28.8 Å². The first kappa shape index (κ1) is 22.7. The Kier molecular flexibility index (Phi) is 6.92. The fourth-order valence-corrected chi connectivity index (χ4v) is 3.84. The van der Waals surface area contributed by atoms with Crippen LogP contribution in [0.15, 0.2) is 40.5 Å². The van der Waals surface area contributed by atoms with Crippen LogP contribution in [-0.2, 0) is 9.59 Å². The van der Waals surface area contributed by atoms with Crippen molar-refractivity contribution in [1.82, 2.24) is 9.80 Å². The molecule has 8 nitrogen and oxygen atoms in total. The molecule has 166 valence electrons. The summed E-state index contributed by atoms with van der Waals surface area (Å²) in [5.74, 6) is -0.906. The zero-order chi connectivity index (χ0) is 22.7. The number of rotatable bonds is 8. The molecule has 0 bridgehead atoms. The first-order valence-electron chi connectivity index (χ1n) is 9.68. The number of ether oxygens (including phenoxy) is 2. The Labute approximate surface area is 185 Å². The van der Waals surface area contributed by atoms with Crippen molar-refractivity contribution < 1.29 is 28.6 Å². The van der Waals surface area contributed by atoms with Gasteiger partial charge in [-0.3, -0.25) is 9.59 Å². The Morgan fingerprint density at radius 1 is 1.23 bits per heavy atom. The van der Waals surface area contributed by atoms with Gasteiger partial charge in [-0.25, -0.2) is 0 Å². The summed E-state index contributed by atoms with van der Waals surface area (Å²) < 4.78 is 16.1. The maximum atomic E-state index is 13.0. The molecular formula is C22H25ClN2O6. The van der Waals surface area contributed by atoms with Crippen LogP contribution in [0.2, 0.25) is 5.02 Å². The molecule has 1 fully saturated rings. The maximum Gasteiger partial charge on any atom is 0.295 e. The average molecular weight is 449 g/mol. The molecule has 0 saturated carbocycles. The van der Waals surface area contributed by atoms with Crippen LogP contribution in [0, 0.1) is 0 Å². The number of benzene rings is 1. The monoisotopic (exact) mass is 448 g/mol. The highest BCUT2D eigenvalue weighted by Gasteiger charge is 2.47. The summed E-state index contributed by atoms with van der Waals surface area (Å²) in [5, 5.41) is 11.4. The summed E-state index contributed by atoms with van der Waals surface area (Å²) in [5.41, 5.74) is 0.0977. The highest BCUT2D eigenvalue weighted by atomic mass is 35.5. The highest BCUT2D eigenvalue weighted by Crippen LogP contribution is 2.43. The second-order valence-corrected chi connectivity index (χ2v) is 7.76. The van der Waals surface area contributed by atoms with Crippen molar-refractivity contribution in [2.45, 2.75) is 12.5 Å². The smallest absolute Gasteiger partial charge is 0.295 e. The van der Waals surface area contributed by atoms with Crippen LogP contribution in [-0.4, -0.2) is 68.0 Å². The number of carbonyl (C=O) groups is 2. The zero-order valence-corrected chi connectivity index (χ0v) is 18.6. The fourth-order valence-electron chi connectivity index (χ4n) is 3.60. The van der Waals surface area contributed by atoms with Crippen molar-refractivity contribution in [3.05, 3.63) is 52.4 Å². The molecule has 0 aliphatic carbocycles. The number of nitrogens with zero attached hydrogens (tertiary/aromatic N) is 2. The van der Waals surface area contributed by atoms with Gasteiger partial charge in [0.05, 0.1) is 36.6 Å². The number of amides is 1. The predicted molar refractivity (Wildman–Crippen MR) is 115 cm³/mol. The number of likely N-dealkylation sites (tertiary alicyclic amines) is 1. The third-order valence-corrected chi connectivity index (χ3v) is 5.38. The molecule has 31 heavy (non-hydrogen) atoms. The first-order chi connectivity index (χ1) is 14.8. The lowest BCUT2D eigenvalue weighted by atomic mass is 9.98. The molecule has 1 aliphatic heterocycles. The largest absolute Gasteiger partial charge is 0.507 e. The van der Waals surface area contributed by atoms with Crippen LogP contribution in [0.5, 0.6) is 11.5 Å². The van der Waals surface area contributed by atoms with Crippen molar-refractivity contribution >= 4 is 29.1 Å². The van der Waals surface area contributed by atoms with Crippen LogP contribution in [0.4, 0.5) is 0 Å². The van der Waals surface area contributed by atoms with Gasteiger partial charge in [-0.2, -0.15) is 0 Å². The van der Waals surface area contributed by atoms with E-state index in [9.17, 15) is 14.7 Å². The van der Waals surface area contributed by atoms with E-state index in [4.69, 9.17) is 25.5 Å². The van der Waals surface area contributed by atoms with Crippen LogP contribution in [0.25, 0.3) is 5.76 Å². The lowest BCUT2D eigenvalue weighted by Gasteiger charge is -2.24. The quantitative estimate of drug-likeness (QED) is 0.376. The molecule has 2 aromatic rings. The van der Waals surface area contributed by atoms with Crippen molar-refractivity contribution in [2.24, 2.45) is 0 Å². The second kappa shape index (κ2) is 9.45. The normalized spacial score (nSPS) is 18.1. The number of methoxy groups -OCH3 is 2. The van der Waals surface area contributed by atoms with Gasteiger partial charge in [0.25, 0.3) is 11.7 Å². The Morgan fingerprint density at radius 2 is 1.94 bits per heavy atom. The van der Waals surface area contributed by atoms with Gasteiger partial charge in [0.1, 0.15) is 29.1 Å². The number of ketones is 1. The molecule has 1 aromatic carbocycles. The van der Waals surface area contributed by atoms with E-state index >= 15 is 0 Å². The van der Waals surface area contributed by atoms with E-state index in [1.165, 1.54) is 37.5 Å². The SMILES string of the molecule is COc1cc(OC)c(/C(O)=C2/C(=O)C(=O)N(CCCN(C)C)C2c2ccco2)cc1Cl. The van der Waals surface area contributed by atoms with Gasteiger partial charge in [0, 0.05) is 12.6 Å². The number of carbonyl (C=O) groups excluding carboxylic acids is 2. The predicted octanol–water partition coefficient (Wildman–Crippen LogP) is 3.32. The molecular weight excluding hydrogens is 424 g/mol. The number of halogens is 1. The van der Waals surface area contributed by atoms with Gasteiger partial charge >= 0.3 is 0 Å². The summed E-state index contributed by atoms with van der Waals surface area (Å²) >= 11 is 6.24. The molecule has 3 rings (SSSR count). The molecule has 1 aromatic heterocycles. The van der Waals surface area contributed by atoms with Crippen molar-refractivity contribution in [3.63, 3.8) is 0 Å². The molecule has 1 N–H and O–H groups in total. The zero-order valence-electron chi connectivity index (χ0n) is 17.8. The average Bonchev–Trinajstić information content (AvgIpc) is 3.35. The molecule has 2 heterocycles. The van der Waals surface area contributed by atoms with Gasteiger partial charge in [-0.05, 0) is 45.3 Å². The lowest BCUT2D eigenvalue weighted by Crippen LogP contribution is -2.32. The Bertz CT molecular complexity index is 1000. The van der Waals surface area contributed by atoms with E-state index in [1.807, 2.05) is 19.0 Å². The molecule has 0 spiro atoms. The summed E-state index contributed by atoms with van der Waals surface area (Å²) in [7, 11) is 6.73. The van der Waals surface area contributed by atoms with E-state index in [1.54, 1.807) is 12.1 Å². The van der Waals surface area contributed by atoms with Crippen molar-refractivity contribution in [3.8, 4) is 11.5 Å². The molecule has 1 atom stereocenters. The number of aliphatic hydroxyl groups is 1. The maximum absolute atomic E-state index is 13.0. The van der Waals surface area contributed by atoms with Gasteiger partial charge in [-0.1, -0.05) is 11.6 Å². The molecule has 0 radical (unpaired) electrons. The fraction of sp³-hybridized carbons (Fsp3) is 0.364. The third-order valence-electron chi connectivity index (χ3n) is 5.09. The summed E-state index contributed by atoms with van der Waals surface area (Å²) in [6, 6.07) is 5.42.